The van der Waals surface area contributed by atoms with Gasteiger partial charge in [0.15, 0.2) is 0 Å². The van der Waals surface area contributed by atoms with Crippen molar-refractivity contribution in [3.8, 4) is 5.75 Å². The predicted octanol–water partition coefficient (Wildman–Crippen LogP) is 2.86. The van der Waals surface area contributed by atoms with Crippen LogP contribution < -0.4 is 10.1 Å². The highest BCUT2D eigenvalue weighted by molar-refractivity contribution is 7.98. The van der Waals surface area contributed by atoms with E-state index in [2.05, 4.69) is 17.4 Å². The minimum absolute atomic E-state index is 0.113. The number of benzene rings is 1. The van der Waals surface area contributed by atoms with E-state index in [9.17, 15) is 4.79 Å². The van der Waals surface area contributed by atoms with Crippen LogP contribution in [0.3, 0.4) is 0 Å². The van der Waals surface area contributed by atoms with Crippen LogP contribution in [0.15, 0.2) is 24.3 Å². The van der Waals surface area contributed by atoms with Crippen molar-refractivity contribution in [2.45, 2.75) is 31.6 Å². The van der Waals surface area contributed by atoms with E-state index in [1.54, 1.807) is 7.11 Å². The van der Waals surface area contributed by atoms with Gasteiger partial charge in [0.1, 0.15) is 5.75 Å². The minimum atomic E-state index is -0.113. The maximum Gasteiger partial charge on any atom is 0.305 e. The van der Waals surface area contributed by atoms with Crippen LogP contribution >= 0.6 is 11.8 Å². The molecule has 0 unspecified atom stereocenters. The van der Waals surface area contributed by atoms with Crippen molar-refractivity contribution in [3.05, 3.63) is 29.8 Å². The van der Waals surface area contributed by atoms with Gasteiger partial charge in [-0.2, -0.15) is 11.8 Å². The maximum atomic E-state index is 11.4. The van der Waals surface area contributed by atoms with Crippen molar-refractivity contribution in [1.82, 2.24) is 5.32 Å². The van der Waals surface area contributed by atoms with Crippen LogP contribution in [-0.4, -0.2) is 38.5 Å². The largest absolute Gasteiger partial charge is 0.497 e. The summed E-state index contributed by atoms with van der Waals surface area (Å²) in [7, 11) is 3.61. The van der Waals surface area contributed by atoms with E-state index in [-0.39, 0.29) is 5.97 Å². The fraction of sp³-hybridized carbons (Fsp3) is 0.562. The summed E-state index contributed by atoms with van der Waals surface area (Å²) in [5.41, 5.74) is 1.28. The van der Waals surface area contributed by atoms with Crippen LogP contribution in [0.5, 0.6) is 5.75 Å². The lowest BCUT2D eigenvalue weighted by atomic mass is 10.2. The number of ether oxygens (including phenoxy) is 2. The van der Waals surface area contributed by atoms with E-state index in [4.69, 9.17) is 9.47 Å². The highest BCUT2D eigenvalue weighted by Crippen LogP contribution is 2.18. The van der Waals surface area contributed by atoms with Gasteiger partial charge in [-0.1, -0.05) is 12.1 Å². The van der Waals surface area contributed by atoms with E-state index in [0.717, 1.165) is 23.7 Å². The number of hydrogen-bond donors (Lipinski definition) is 1. The Morgan fingerprint density at radius 2 is 2.05 bits per heavy atom. The van der Waals surface area contributed by atoms with E-state index in [0.29, 0.717) is 19.1 Å². The Labute approximate surface area is 131 Å². The molecular weight excluding hydrogens is 286 g/mol. The quantitative estimate of drug-likeness (QED) is 0.673. The molecule has 0 amide bonds. The lowest BCUT2D eigenvalue weighted by Crippen LogP contribution is -2.28. The third kappa shape index (κ3) is 7.39. The maximum absolute atomic E-state index is 11.4. The molecule has 1 aromatic rings. The smallest absolute Gasteiger partial charge is 0.305 e. The number of rotatable bonds is 10. The molecule has 5 heteroatoms. The number of esters is 1. The average molecular weight is 311 g/mol. The number of nitrogens with one attached hydrogen (secondary N) is 1. The molecule has 0 spiro atoms. The van der Waals surface area contributed by atoms with Crippen LogP contribution in [0, 0.1) is 0 Å². The number of hydrogen-bond acceptors (Lipinski definition) is 5. The van der Waals surface area contributed by atoms with Crippen molar-refractivity contribution in [2.24, 2.45) is 0 Å². The number of carbonyl (C=O) groups excluding carboxylic acids is 1. The van der Waals surface area contributed by atoms with E-state index >= 15 is 0 Å². The first-order chi connectivity index (χ1) is 10.2. The number of thioether (sulfide) groups is 1. The summed E-state index contributed by atoms with van der Waals surface area (Å²) < 4.78 is 10.1. The topological polar surface area (TPSA) is 47.6 Å². The van der Waals surface area contributed by atoms with Gasteiger partial charge >= 0.3 is 5.97 Å². The summed E-state index contributed by atoms with van der Waals surface area (Å²) in [5.74, 6) is 2.70. The van der Waals surface area contributed by atoms with Gasteiger partial charge in [-0.05, 0) is 38.1 Å². The third-order valence-electron chi connectivity index (χ3n) is 3.16. The molecule has 1 N–H and O–H groups in total. The Morgan fingerprint density at radius 3 is 2.62 bits per heavy atom. The molecule has 0 aromatic heterocycles. The summed E-state index contributed by atoms with van der Waals surface area (Å²) in [6.45, 7) is 2.29. The van der Waals surface area contributed by atoms with Gasteiger partial charge in [-0.15, -0.1) is 0 Å². The standard InChI is InChI=1S/C16H25NO3S/c1-4-20-16(18)10-7-14(17-2)12-21-11-13-5-8-15(19-3)9-6-13/h5-6,8-9,14,17H,4,7,10-12H2,1-3H3/t14-/m1/s1. The molecule has 0 radical (unpaired) electrons. The van der Waals surface area contributed by atoms with Crippen LogP contribution in [-0.2, 0) is 15.3 Å². The molecule has 0 aliphatic heterocycles. The fourth-order valence-electron chi connectivity index (χ4n) is 1.88. The van der Waals surface area contributed by atoms with Crippen LogP contribution in [0.2, 0.25) is 0 Å². The summed E-state index contributed by atoms with van der Waals surface area (Å²) in [4.78, 5) is 11.4. The molecular formula is C16H25NO3S. The zero-order valence-electron chi connectivity index (χ0n) is 13.1. The molecule has 0 aliphatic carbocycles. The van der Waals surface area contributed by atoms with Crippen molar-refractivity contribution in [2.75, 3.05) is 26.5 Å². The lowest BCUT2D eigenvalue weighted by Gasteiger charge is -2.15. The van der Waals surface area contributed by atoms with Crippen molar-refractivity contribution in [3.63, 3.8) is 0 Å². The summed E-state index contributed by atoms with van der Waals surface area (Å²) in [6.07, 6.45) is 1.29. The minimum Gasteiger partial charge on any atom is -0.497 e. The number of methoxy groups -OCH3 is 1. The molecule has 0 heterocycles. The van der Waals surface area contributed by atoms with Gasteiger partial charge in [0.2, 0.25) is 0 Å². The second kappa shape index (κ2) is 10.5. The van der Waals surface area contributed by atoms with Gasteiger partial charge < -0.3 is 14.8 Å². The number of carbonyl (C=O) groups is 1. The molecule has 118 valence electrons. The summed E-state index contributed by atoms with van der Waals surface area (Å²) in [5, 5.41) is 3.26. The normalized spacial score (nSPS) is 12.0. The molecule has 0 fully saturated rings. The fourth-order valence-corrected chi connectivity index (χ4v) is 3.04. The zero-order chi connectivity index (χ0) is 15.5. The van der Waals surface area contributed by atoms with Gasteiger partial charge in [-0.25, -0.2) is 0 Å². The molecule has 1 atom stereocenters. The third-order valence-corrected chi connectivity index (χ3v) is 4.33. The Bertz CT molecular complexity index is 408. The SMILES string of the molecule is CCOC(=O)CC[C@H](CSCc1ccc(OC)cc1)NC. The van der Waals surface area contributed by atoms with Gasteiger partial charge in [0.25, 0.3) is 0 Å². The monoisotopic (exact) mass is 311 g/mol. The molecule has 0 saturated carbocycles. The predicted molar refractivity (Wildman–Crippen MR) is 87.9 cm³/mol. The first-order valence-corrected chi connectivity index (χ1v) is 8.38. The second-order valence-electron chi connectivity index (χ2n) is 4.69. The van der Waals surface area contributed by atoms with Crippen molar-refractivity contribution < 1.29 is 14.3 Å². The van der Waals surface area contributed by atoms with Crippen LogP contribution in [0.4, 0.5) is 0 Å². The van der Waals surface area contributed by atoms with E-state index < -0.39 is 0 Å². The average Bonchev–Trinajstić information content (AvgIpc) is 2.51. The molecule has 4 nitrogen and oxygen atoms in total. The van der Waals surface area contributed by atoms with E-state index in [1.165, 1.54) is 5.56 Å². The Morgan fingerprint density at radius 1 is 1.33 bits per heavy atom. The molecule has 0 bridgehead atoms. The first kappa shape index (κ1) is 17.9. The Hall–Kier alpha value is -1.20. The Kier molecular flexibility index (Phi) is 8.94. The molecule has 21 heavy (non-hydrogen) atoms. The van der Waals surface area contributed by atoms with Crippen molar-refractivity contribution in [1.29, 1.82) is 0 Å². The van der Waals surface area contributed by atoms with Crippen LogP contribution in [0.25, 0.3) is 0 Å². The Balaban J connectivity index is 2.26. The summed E-state index contributed by atoms with van der Waals surface area (Å²) in [6, 6.07) is 8.45. The molecule has 0 saturated heterocycles. The molecule has 1 rings (SSSR count). The first-order valence-electron chi connectivity index (χ1n) is 7.23. The lowest BCUT2D eigenvalue weighted by molar-refractivity contribution is -0.143. The zero-order valence-corrected chi connectivity index (χ0v) is 13.9. The molecule has 1 aromatic carbocycles. The summed E-state index contributed by atoms with van der Waals surface area (Å²) >= 11 is 1.86. The molecule has 0 aliphatic rings. The highest BCUT2D eigenvalue weighted by atomic mass is 32.2. The highest BCUT2D eigenvalue weighted by Gasteiger charge is 2.10. The van der Waals surface area contributed by atoms with E-state index in [1.807, 2.05) is 37.9 Å². The van der Waals surface area contributed by atoms with Gasteiger partial charge in [0.05, 0.1) is 13.7 Å². The van der Waals surface area contributed by atoms with Gasteiger partial charge in [-0.3, -0.25) is 4.79 Å². The van der Waals surface area contributed by atoms with Crippen LogP contribution in [0.1, 0.15) is 25.3 Å². The second-order valence-corrected chi connectivity index (χ2v) is 5.72. The van der Waals surface area contributed by atoms with Gasteiger partial charge in [0, 0.05) is 24.0 Å². The van der Waals surface area contributed by atoms with Crippen molar-refractivity contribution >= 4 is 17.7 Å².